The van der Waals surface area contributed by atoms with Gasteiger partial charge < -0.3 is 16.5 Å². The van der Waals surface area contributed by atoms with E-state index in [9.17, 15) is 19.7 Å². The van der Waals surface area contributed by atoms with Crippen molar-refractivity contribution in [3.63, 3.8) is 0 Å². The zero-order chi connectivity index (χ0) is 20.0. The van der Waals surface area contributed by atoms with Crippen molar-refractivity contribution in [3.8, 4) is 0 Å². The van der Waals surface area contributed by atoms with Crippen molar-refractivity contribution in [2.45, 2.75) is 13.8 Å². The molecule has 0 saturated heterocycles. The number of nitro benzene ring substituents is 1. The molecule has 0 atom stereocenters. The first-order valence-corrected chi connectivity index (χ1v) is 7.92. The van der Waals surface area contributed by atoms with Crippen LogP contribution < -0.4 is 21.9 Å². The first kappa shape index (κ1) is 19.4. The predicted molar refractivity (Wildman–Crippen MR) is 102 cm³/mol. The lowest BCUT2D eigenvalue weighted by Gasteiger charge is -2.09. The standard InChI is InChI=1S/C18H19N5O4/c1-11-3-5-15(6-4-11)20-17(24)7-12(2)21-22-18(25)13-8-14(19)10-16(9-13)23(26)27/h3-10,21H,19H2,1-2H3,(H,20,24)(H,22,25). The number of hydrogen-bond acceptors (Lipinski definition) is 6. The number of rotatable bonds is 6. The monoisotopic (exact) mass is 369 g/mol. The van der Waals surface area contributed by atoms with Crippen LogP contribution in [0.2, 0.25) is 0 Å². The molecule has 2 aromatic rings. The van der Waals surface area contributed by atoms with Crippen LogP contribution in [0.25, 0.3) is 0 Å². The number of non-ortho nitro benzene ring substituents is 1. The van der Waals surface area contributed by atoms with Crippen LogP contribution in [0.1, 0.15) is 22.8 Å². The Hall–Kier alpha value is -3.88. The summed E-state index contributed by atoms with van der Waals surface area (Å²) in [5.74, 6) is -1.00. The minimum Gasteiger partial charge on any atom is -0.399 e. The third-order valence-electron chi connectivity index (χ3n) is 3.45. The first-order valence-electron chi connectivity index (χ1n) is 7.92. The van der Waals surface area contributed by atoms with Crippen LogP contribution in [-0.4, -0.2) is 16.7 Å². The Morgan fingerprint density at radius 3 is 2.41 bits per heavy atom. The van der Waals surface area contributed by atoms with E-state index < -0.39 is 10.8 Å². The van der Waals surface area contributed by atoms with E-state index in [-0.39, 0.29) is 22.8 Å². The Bertz CT molecular complexity index is 906. The number of nitrogens with two attached hydrogens (primary N) is 1. The third-order valence-corrected chi connectivity index (χ3v) is 3.45. The van der Waals surface area contributed by atoms with Crippen molar-refractivity contribution in [1.29, 1.82) is 0 Å². The summed E-state index contributed by atoms with van der Waals surface area (Å²) >= 11 is 0. The molecule has 9 nitrogen and oxygen atoms in total. The van der Waals surface area contributed by atoms with E-state index in [1.54, 1.807) is 19.1 Å². The molecule has 0 spiro atoms. The average molecular weight is 369 g/mol. The first-order chi connectivity index (χ1) is 12.7. The summed E-state index contributed by atoms with van der Waals surface area (Å²) < 4.78 is 0. The zero-order valence-electron chi connectivity index (χ0n) is 14.8. The molecule has 0 saturated carbocycles. The third kappa shape index (κ3) is 5.85. The number of anilines is 2. The van der Waals surface area contributed by atoms with Gasteiger partial charge in [0.05, 0.1) is 4.92 Å². The second kappa shape index (κ2) is 8.48. The van der Waals surface area contributed by atoms with Crippen LogP contribution in [0.3, 0.4) is 0 Å². The average Bonchev–Trinajstić information content (AvgIpc) is 2.61. The number of nitro groups is 1. The van der Waals surface area contributed by atoms with Crippen LogP contribution in [0.5, 0.6) is 0 Å². The number of carbonyl (C=O) groups excluding carboxylic acids is 2. The summed E-state index contributed by atoms with van der Waals surface area (Å²) in [5, 5.41) is 13.5. The maximum atomic E-state index is 12.1. The molecule has 140 valence electrons. The fourth-order valence-electron chi connectivity index (χ4n) is 2.15. The van der Waals surface area contributed by atoms with Gasteiger partial charge in [-0.2, -0.15) is 0 Å². The van der Waals surface area contributed by atoms with E-state index in [1.807, 2.05) is 19.1 Å². The van der Waals surface area contributed by atoms with E-state index >= 15 is 0 Å². The molecule has 5 N–H and O–H groups in total. The highest BCUT2D eigenvalue weighted by molar-refractivity contribution is 6.00. The second-order valence-electron chi connectivity index (χ2n) is 5.83. The van der Waals surface area contributed by atoms with E-state index in [2.05, 4.69) is 16.2 Å². The molecule has 0 radical (unpaired) electrons. The topological polar surface area (TPSA) is 139 Å². The molecule has 0 aliphatic carbocycles. The van der Waals surface area contributed by atoms with Gasteiger partial charge in [0.2, 0.25) is 5.91 Å². The van der Waals surface area contributed by atoms with Crippen molar-refractivity contribution < 1.29 is 14.5 Å². The number of nitrogen functional groups attached to an aromatic ring is 1. The molecule has 0 aliphatic heterocycles. The van der Waals surface area contributed by atoms with Gasteiger partial charge in [0.25, 0.3) is 11.6 Å². The largest absolute Gasteiger partial charge is 0.399 e. The van der Waals surface area contributed by atoms with Crippen LogP contribution in [0.15, 0.2) is 54.2 Å². The predicted octanol–water partition coefficient (Wildman–Crippen LogP) is 2.26. The van der Waals surface area contributed by atoms with Gasteiger partial charge in [0.15, 0.2) is 0 Å². The van der Waals surface area contributed by atoms with Gasteiger partial charge in [-0.25, -0.2) is 0 Å². The number of hydrogen-bond donors (Lipinski definition) is 4. The number of allylic oxidation sites excluding steroid dienone is 1. The van der Waals surface area contributed by atoms with E-state index in [0.717, 1.165) is 17.7 Å². The molecule has 0 fully saturated rings. The number of nitrogens with zero attached hydrogens (tertiary/aromatic N) is 1. The quantitative estimate of drug-likeness (QED) is 0.266. The SMILES string of the molecule is CC(=CC(=O)Nc1ccc(C)cc1)NNC(=O)c1cc(N)cc([N+](=O)[O-])c1. The summed E-state index contributed by atoms with van der Waals surface area (Å²) in [7, 11) is 0. The number of amides is 2. The molecular formula is C18H19N5O4. The van der Waals surface area contributed by atoms with Gasteiger partial charge >= 0.3 is 0 Å². The highest BCUT2D eigenvalue weighted by Gasteiger charge is 2.13. The van der Waals surface area contributed by atoms with Gasteiger partial charge in [0.1, 0.15) is 0 Å². The highest BCUT2D eigenvalue weighted by atomic mass is 16.6. The fourth-order valence-corrected chi connectivity index (χ4v) is 2.15. The lowest BCUT2D eigenvalue weighted by atomic mass is 10.1. The number of hydrazine groups is 1. The zero-order valence-corrected chi connectivity index (χ0v) is 14.8. The Kier molecular flexibility index (Phi) is 6.10. The number of aryl methyl sites for hydroxylation is 1. The minimum absolute atomic E-state index is 0.0195. The summed E-state index contributed by atoms with van der Waals surface area (Å²) in [6.07, 6.45) is 1.27. The van der Waals surface area contributed by atoms with Crippen molar-refractivity contribution in [1.82, 2.24) is 10.9 Å². The van der Waals surface area contributed by atoms with Gasteiger partial charge in [-0.15, -0.1) is 0 Å². The van der Waals surface area contributed by atoms with Gasteiger partial charge in [-0.1, -0.05) is 17.7 Å². The summed E-state index contributed by atoms with van der Waals surface area (Å²) in [6, 6.07) is 10.9. The highest BCUT2D eigenvalue weighted by Crippen LogP contribution is 2.18. The lowest BCUT2D eigenvalue weighted by Crippen LogP contribution is -2.36. The van der Waals surface area contributed by atoms with Crippen LogP contribution in [-0.2, 0) is 4.79 Å². The van der Waals surface area contributed by atoms with Gasteiger partial charge in [0, 0.05) is 40.8 Å². The Morgan fingerprint density at radius 1 is 1.11 bits per heavy atom. The molecule has 0 aliphatic rings. The van der Waals surface area contributed by atoms with Gasteiger partial charge in [-0.05, 0) is 32.0 Å². The summed E-state index contributed by atoms with van der Waals surface area (Å²) in [4.78, 5) is 34.3. The summed E-state index contributed by atoms with van der Waals surface area (Å²) in [5.41, 5.74) is 12.4. The van der Waals surface area contributed by atoms with Crippen LogP contribution >= 0.6 is 0 Å². The van der Waals surface area contributed by atoms with E-state index in [1.165, 1.54) is 12.1 Å². The number of carbonyl (C=O) groups is 2. The molecule has 2 aromatic carbocycles. The number of nitrogens with one attached hydrogen (secondary N) is 3. The molecule has 0 aromatic heterocycles. The Balaban J connectivity index is 1.95. The molecule has 0 heterocycles. The summed E-state index contributed by atoms with van der Waals surface area (Å²) in [6.45, 7) is 3.52. The molecule has 0 unspecified atom stereocenters. The minimum atomic E-state index is -0.638. The molecule has 27 heavy (non-hydrogen) atoms. The smallest absolute Gasteiger partial charge is 0.272 e. The lowest BCUT2D eigenvalue weighted by molar-refractivity contribution is -0.384. The molecular weight excluding hydrogens is 350 g/mol. The van der Waals surface area contributed by atoms with E-state index in [4.69, 9.17) is 5.73 Å². The van der Waals surface area contributed by atoms with Crippen molar-refractivity contribution in [2.75, 3.05) is 11.1 Å². The maximum absolute atomic E-state index is 12.1. The van der Waals surface area contributed by atoms with Crippen LogP contribution in [0.4, 0.5) is 17.1 Å². The molecule has 2 rings (SSSR count). The van der Waals surface area contributed by atoms with Gasteiger partial charge in [-0.3, -0.25) is 25.1 Å². The Morgan fingerprint density at radius 2 is 1.78 bits per heavy atom. The van der Waals surface area contributed by atoms with Crippen molar-refractivity contribution in [3.05, 3.63) is 75.5 Å². The Labute approximate surface area is 155 Å². The van der Waals surface area contributed by atoms with Crippen molar-refractivity contribution >= 4 is 28.9 Å². The second-order valence-corrected chi connectivity index (χ2v) is 5.83. The normalized spacial score (nSPS) is 10.8. The van der Waals surface area contributed by atoms with Crippen LogP contribution in [0, 0.1) is 17.0 Å². The molecule has 9 heteroatoms. The fraction of sp³-hybridized carbons (Fsp3) is 0.111. The van der Waals surface area contributed by atoms with Crippen molar-refractivity contribution in [2.24, 2.45) is 0 Å². The number of benzene rings is 2. The maximum Gasteiger partial charge on any atom is 0.272 e. The van der Waals surface area contributed by atoms with E-state index in [0.29, 0.717) is 11.4 Å². The molecule has 2 amide bonds. The molecule has 0 bridgehead atoms.